The number of rotatable bonds is 8. The lowest BCUT2D eigenvalue weighted by Crippen LogP contribution is -2.28. The Morgan fingerprint density at radius 3 is 2.84 bits per heavy atom. The first-order chi connectivity index (χ1) is 9.02. The van der Waals surface area contributed by atoms with Crippen molar-refractivity contribution in [1.29, 1.82) is 0 Å². The van der Waals surface area contributed by atoms with Crippen molar-refractivity contribution in [1.82, 2.24) is 0 Å². The van der Waals surface area contributed by atoms with Gasteiger partial charge >= 0.3 is 0 Å². The Morgan fingerprint density at radius 2 is 2.16 bits per heavy atom. The van der Waals surface area contributed by atoms with E-state index in [-0.39, 0.29) is 12.7 Å². The smallest absolute Gasteiger partial charge is 0.0945 e. The Morgan fingerprint density at radius 1 is 1.42 bits per heavy atom. The zero-order valence-electron chi connectivity index (χ0n) is 11.0. The lowest BCUT2D eigenvalue weighted by Gasteiger charge is -2.17. The quantitative estimate of drug-likeness (QED) is 0.755. The molecule has 0 radical (unpaired) electrons. The molecule has 0 bridgehead atoms. The maximum absolute atomic E-state index is 9.81. The Balaban J connectivity index is 2.33. The number of anilines is 1. The molecule has 2 atom stereocenters. The molecule has 0 fully saturated rings. The highest BCUT2D eigenvalue weighted by atomic mass is 79.9. The zero-order chi connectivity index (χ0) is 14.3. The molecule has 1 aromatic rings. The van der Waals surface area contributed by atoms with Crippen LogP contribution in [-0.4, -0.2) is 44.2 Å². The zero-order valence-corrected chi connectivity index (χ0v) is 13.4. The maximum Gasteiger partial charge on any atom is 0.0945 e. The van der Waals surface area contributed by atoms with Crippen molar-refractivity contribution in [3.05, 3.63) is 27.7 Å². The molecule has 6 heteroatoms. The van der Waals surface area contributed by atoms with Gasteiger partial charge in [0.15, 0.2) is 0 Å². The van der Waals surface area contributed by atoms with E-state index >= 15 is 0 Å². The average molecular weight is 353 g/mol. The van der Waals surface area contributed by atoms with Crippen molar-refractivity contribution < 1.29 is 14.6 Å². The number of aliphatic hydroxyl groups excluding tert-OH is 1. The van der Waals surface area contributed by atoms with Gasteiger partial charge in [0.25, 0.3) is 0 Å². The lowest BCUT2D eigenvalue weighted by atomic mass is 10.3. The third-order valence-corrected chi connectivity index (χ3v) is 3.36. The highest BCUT2D eigenvalue weighted by Gasteiger charge is 2.09. The van der Waals surface area contributed by atoms with E-state index in [9.17, 15) is 5.11 Å². The second-order valence-corrected chi connectivity index (χ2v) is 5.55. The van der Waals surface area contributed by atoms with Crippen LogP contribution in [0, 0.1) is 0 Å². The van der Waals surface area contributed by atoms with Crippen LogP contribution in [0.3, 0.4) is 0 Å². The highest BCUT2D eigenvalue weighted by molar-refractivity contribution is 9.10. The molecule has 108 valence electrons. The summed E-state index contributed by atoms with van der Waals surface area (Å²) in [5, 5.41) is 13.6. The third kappa shape index (κ3) is 6.58. The number of halogens is 2. The van der Waals surface area contributed by atoms with Crippen molar-refractivity contribution in [2.24, 2.45) is 0 Å². The molecule has 0 heterocycles. The molecule has 0 saturated heterocycles. The molecular formula is C13H19BrClNO3. The van der Waals surface area contributed by atoms with Crippen LogP contribution in [0.25, 0.3) is 0 Å². The van der Waals surface area contributed by atoms with Gasteiger partial charge in [-0.1, -0.05) is 11.6 Å². The number of aliphatic hydroxyl groups is 1. The Bertz CT molecular complexity index is 392. The van der Waals surface area contributed by atoms with E-state index in [1.165, 1.54) is 0 Å². The summed E-state index contributed by atoms with van der Waals surface area (Å²) in [5.41, 5.74) is 0.844. The van der Waals surface area contributed by atoms with E-state index in [1.54, 1.807) is 19.2 Å². The van der Waals surface area contributed by atoms with E-state index in [0.29, 0.717) is 18.2 Å². The van der Waals surface area contributed by atoms with Crippen molar-refractivity contribution in [2.45, 2.75) is 19.1 Å². The van der Waals surface area contributed by atoms with Crippen LogP contribution >= 0.6 is 27.5 Å². The number of nitrogens with one attached hydrogen (secondary N) is 1. The fourth-order valence-electron chi connectivity index (χ4n) is 1.48. The summed E-state index contributed by atoms with van der Waals surface area (Å²) in [5.74, 6) is 0. The lowest BCUT2D eigenvalue weighted by molar-refractivity contribution is -0.0282. The average Bonchev–Trinajstić information content (AvgIpc) is 2.38. The topological polar surface area (TPSA) is 50.7 Å². The van der Waals surface area contributed by atoms with Gasteiger partial charge < -0.3 is 19.9 Å². The van der Waals surface area contributed by atoms with Gasteiger partial charge in [0.2, 0.25) is 0 Å². The minimum absolute atomic E-state index is 0.0300. The van der Waals surface area contributed by atoms with Crippen molar-refractivity contribution in [3.8, 4) is 0 Å². The van der Waals surface area contributed by atoms with Gasteiger partial charge in [0.1, 0.15) is 0 Å². The molecule has 2 N–H and O–H groups in total. The summed E-state index contributed by atoms with van der Waals surface area (Å²) >= 11 is 9.32. The number of methoxy groups -OCH3 is 1. The van der Waals surface area contributed by atoms with Gasteiger partial charge in [-0.05, 0) is 41.1 Å². The highest BCUT2D eigenvalue weighted by Crippen LogP contribution is 2.25. The van der Waals surface area contributed by atoms with Gasteiger partial charge in [-0.25, -0.2) is 0 Å². The van der Waals surface area contributed by atoms with Crippen LogP contribution in [0.1, 0.15) is 6.92 Å². The summed E-state index contributed by atoms with van der Waals surface area (Å²) in [6.45, 7) is 3.06. The maximum atomic E-state index is 9.81. The van der Waals surface area contributed by atoms with E-state index in [1.807, 2.05) is 13.0 Å². The molecule has 0 aromatic heterocycles. The van der Waals surface area contributed by atoms with E-state index < -0.39 is 6.10 Å². The van der Waals surface area contributed by atoms with Gasteiger partial charge in [-0.3, -0.25) is 0 Å². The second kappa shape index (κ2) is 8.76. The summed E-state index contributed by atoms with van der Waals surface area (Å²) in [4.78, 5) is 0. The van der Waals surface area contributed by atoms with Crippen LogP contribution in [0.15, 0.2) is 22.7 Å². The Kier molecular flexibility index (Phi) is 7.71. The molecule has 0 spiro atoms. The number of benzene rings is 1. The van der Waals surface area contributed by atoms with Crippen LogP contribution in [-0.2, 0) is 9.47 Å². The normalized spacial score (nSPS) is 14.2. The molecule has 0 saturated carbocycles. The van der Waals surface area contributed by atoms with Gasteiger partial charge in [0, 0.05) is 28.8 Å². The number of hydrogen-bond acceptors (Lipinski definition) is 4. The van der Waals surface area contributed by atoms with Crippen LogP contribution in [0.4, 0.5) is 5.69 Å². The van der Waals surface area contributed by atoms with E-state index in [0.717, 1.165) is 10.2 Å². The van der Waals surface area contributed by atoms with Crippen LogP contribution in [0.5, 0.6) is 0 Å². The standard InChI is InChI=1S/C13H19BrClNO3/c1-9(7-18-2)19-8-11(17)6-16-13-5-10(15)3-4-12(13)14/h3-5,9,11,16-17H,6-8H2,1-2H3. The summed E-state index contributed by atoms with van der Waals surface area (Å²) in [6.07, 6.45) is -0.622. The molecule has 2 unspecified atom stereocenters. The largest absolute Gasteiger partial charge is 0.389 e. The molecule has 19 heavy (non-hydrogen) atoms. The summed E-state index contributed by atoms with van der Waals surface area (Å²) < 4.78 is 11.3. The first-order valence-electron chi connectivity index (χ1n) is 6.00. The number of hydrogen-bond donors (Lipinski definition) is 2. The predicted octanol–water partition coefficient (Wildman–Crippen LogP) is 2.93. The third-order valence-electron chi connectivity index (χ3n) is 2.43. The van der Waals surface area contributed by atoms with E-state index in [4.69, 9.17) is 21.1 Å². The van der Waals surface area contributed by atoms with Gasteiger partial charge in [-0.2, -0.15) is 0 Å². The summed E-state index contributed by atoms with van der Waals surface area (Å²) in [7, 11) is 1.62. The second-order valence-electron chi connectivity index (χ2n) is 4.26. The van der Waals surface area contributed by atoms with Crippen molar-refractivity contribution in [2.75, 3.05) is 32.2 Å². The van der Waals surface area contributed by atoms with Crippen LogP contribution < -0.4 is 5.32 Å². The molecule has 0 aliphatic carbocycles. The summed E-state index contributed by atoms with van der Waals surface area (Å²) in [6, 6.07) is 5.45. The van der Waals surface area contributed by atoms with Crippen molar-refractivity contribution in [3.63, 3.8) is 0 Å². The molecule has 1 rings (SSSR count). The molecular weight excluding hydrogens is 334 g/mol. The fraction of sp³-hybridized carbons (Fsp3) is 0.538. The van der Waals surface area contributed by atoms with Crippen molar-refractivity contribution >= 4 is 33.2 Å². The van der Waals surface area contributed by atoms with Gasteiger partial charge in [-0.15, -0.1) is 0 Å². The van der Waals surface area contributed by atoms with Crippen LogP contribution in [0.2, 0.25) is 5.02 Å². The first-order valence-corrected chi connectivity index (χ1v) is 7.17. The minimum Gasteiger partial charge on any atom is -0.389 e. The molecule has 0 aliphatic heterocycles. The number of ether oxygens (including phenoxy) is 2. The SMILES string of the molecule is COCC(C)OCC(O)CNc1cc(Cl)ccc1Br. The predicted molar refractivity (Wildman–Crippen MR) is 80.9 cm³/mol. The molecule has 4 nitrogen and oxygen atoms in total. The monoisotopic (exact) mass is 351 g/mol. The first kappa shape index (κ1) is 16.7. The Labute approximate surface area is 127 Å². The molecule has 1 aromatic carbocycles. The molecule has 0 aliphatic rings. The molecule has 0 amide bonds. The Hall–Kier alpha value is -0.330. The fourth-order valence-corrected chi connectivity index (χ4v) is 2.04. The minimum atomic E-state index is -0.592. The van der Waals surface area contributed by atoms with E-state index in [2.05, 4.69) is 21.2 Å². The van der Waals surface area contributed by atoms with Gasteiger partial charge in [0.05, 0.1) is 25.4 Å².